The molecule has 4 nitrogen and oxygen atoms in total. The van der Waals surface area contributed by atoms with Gasteiger partial charge in [-0.05, 0) is 24.3 Å². The minimum Gasteiger partial charge on any atom is -0.491 e. The summed E-state index contributed by atoms with van der Waals surface area (Å²) in [7, 11) is 0. The predicted octanol–water partition coefficient (Wildman–Crippen LogP) is 2.66. The van der Waals surface area contributed by atoms with Gasteiger partial charge in [0.05, 0.1) is 0 Å². The Kier molecular flexibility index (Phi) is 4.66. The number of rotatable bonds is 5. The average Bonchev–Trinajstić information content (AvgIpc) is 2.25. The molecule has 1 aromatic carbocycles. The van der Waals surface area contributed by atoms with Gasteiger partial charge in [-0.2, -0.15) is 0 Å². The van der Waals surface area contributed by atoms with Crippen LogP contribution in [-0.4, -0.2) is 29.4 Å². The fourth-order valence-corrected chi connectivity index (χ4v) is 1.04. The summed E-state index contributed by atoms with van der Waals surface area (Å²) in [4.78, 5) is 10.4. The molecule has 1 N–H and O–H groups in total. The quantitative estimate of drug-likeness (QED) is 0.845. The Balaban J connectivity index is 2.53. The van der Waals surface area contributed by atoms with Crippen LogP contribution in [0.15, 0.2) is 24.3 Å². The fraction of sp³-hybridized carbons (Fsp3) is 0.300. The van der Waals surface area contributed by atoms with E-state index in [1.165, 1.54) is 12.1 Å². The molecule has 1 unspecified atom stereocenters. The lowest BCUT2D eigenvalue weighted by Crippen LogP contribution is -2.21. The largest absolute Gasteiger partial charge is 0.573 e. The standard InChI is InChI=1S/C10H8ClF3O4/c11-8(9(15)16)5-17-6-1-3-7(4-2-6)18-10(12,13)14/h1-4,8H,5H2,(H,15,16). The third-order valence-electron chi connectivity index (χ3n) is 1.72. The van der Waals surface area contributed by atoms with Crippen molar-refractivity contribution in [1.82, 2.24) is 0 Å². The zero-order valence-corrected chi connectivity index (χ0v) is 9.53. The van der Waals surface area contributed by atoms with E-state index in [1.807, 2.05) is 0 Å². The second kappa shape index (κ2) is 5.81. The number of halogens is 4. The summed E-state index contributed by atoms with van der Waals surface area (Å²) in [6.07, 6.45) is -4.76. The Morgan fingerprint density at radius 1 is 1.28 bits per heavy atom. The molecule has 0 bridgehead atoms. The van der Waals surface area contributed by atoms with Gasteiger partial charge >= 0.3 is 12.3 Å². The van der Waals surface area contributed by atoms with E-state index < -0.39 is 23.5 Å². The van der Waals surface area contributed by atoms with Crippen molar-refractivity contribution in [2.24, 2.45) is 0 Å². The van der Waals surface area contributed by atoms with Gasteiger partial charge in [0.15, 0.2) is 5.38 Å². The number of alkyl halides is 4. The Morgan fingerprint density at radius 2 is 1.78 bits per heavy atom. The fourth-order valence-electron chi connectivity index (χ4n) is 0.978. The molecule has 1 aromatic rings. The molecule has 0 heterocycles. The van der Waals surface area contributed by atoms with Crippen LogP contribution in [0.1, 0.15) is 0 Å². The lowest BCUT2D eigenvalue weighted by atomic mass is 10.3. The van der Waals surface area contributed by atoms with Crippen LogP contribution < -0.4 is 9.47 Å². The van der Waals surface area contributed by atoms with Gasteiger partial charge in [-0.25, -0.2) is 0 Å². The zero-order chi connectivity index (χ0) is 13.8. The number of carboxylic acids is 1. The maximum atomic E-state index is 11.8. The molecule has 0 aliphatic heterocycles. The highest BCUT2D eigenvalue weighted by molar-refractivity contribution is 6.29. The molecule has 100 valence electrons. The normalized spacial score (nSPS) is 12.9. The number of aliphatic carboxylic acids is 1. The molecule has 1 atom stereocenters. The first-order valence-corrected chi connectivity index (χ1v) is 5.07. The van der Waals surface area contributed by atoms with Crippen molar-refractivity contribution in [3.05, 3.63) is 24.3 Å². The van der Waals surface area contributed by atoms with Gasteiger partial charge < -0.3 is 14.6 Å². The topological polar surface area (TPSA) is 55.8 Å². The summed E-state index contributed by atoms with van der Waals surface area (Å²) >= 11 is 5.39. The molecule has 0 saturated heterocycles. The SMILES string of the molecule is O=C(O)C(Cl)COc1ccc(OC(F)(F)F)cc1. The molecule has 0 aliphatic carbocycles. The van der Waals surface area contributed by atoms with Crippen molar-refractivity contribution in [2.75, 3.05) is 6.61 Å². The van der Waals surface area contributed by atoms with Gasteiger partial charge in [-0.3, -0.25) is 4.79 Å². The Labute approximate surface area is 105 Å². The van der Waals surface area contributed by atoms with Crippen LogP contribution in [-0.2, 0) is 4.79 Å². The second-order valence-corrected chi connectivity index (χ2v) is 3.66. The summed E-state index contributed by atoms with van der Waals surface area (Å²) in [5.74, 6) is -1.44. The van der Waals surface area contributed by atoms with Gasteiger partial charge in [-0.15, -0.1) is 24.8 Å². The van der Waals surface area contributed by atoms with E-state index in [2.05, 4.69) is 4.74 Å². The third kappa shape index (κ3) is 5.13. The molecular weight excluding hydrogens is 277 g/mol. The summed E-state index contributed by atoms with van der Waals surface area (Å²) in [5.41, 5.74) is 0. The molecular formula is C10H8ClF3O4. The smallest absolute Gasteiger partial charge is 0.491 e. The van der Waals surface area contributed by atoms with Crippen molar-refractivity contribution >= 4 is 17.6 Å². The van der Waals surface area contributed by atoms with Crippen LogP contribution in [0.4, 0.5) is 13.2 Å². The van der Waals surface area contributed by atoms with Gasteiger partial charge in [0.2, 0.25) is 0 Å². The van der Waals surface area contributed by atoms with E-state index in [9.17, 15) is 18.0 Å². The number of carboxylic acid groups (broad SMARTS) is 1. The molecule has 1 rings (SSSR count). The van der Waals surface area contributed by atoms with Crippen LogP contribution in [0.5, 0.6) is 11.5 Å². The number of ether oxygens (including phenoxy) is 2. The number of hydrogen-bond acceptors (Lipinski definition) is 3. The van der Waals surface area contributed by atoms with Crippen LogP contribution in [0.3, 0.4) is 0 Å². The second-order valence-electron chi connectivity index (χ2n) is 3.14. The average molecular weight is 285 g/mol. The maximum Gasteiger partial charge on any atom is 0.573 e. The van der Waals surface area contributed by atoms with Crippen molar-refractivity contribution in [1.29, 1.82) is 0 Å². The lowest BCUT2D eigenvalue weighted by molar-refractivity contribution is -0.274. The molecule has 0 spiro atoms. The first-order valence-electron chi connectivity index (χ1n) is 4.63. The van der Waals surface area contributed by atoms with E-state index in [0.29, 0.717) is 0 Å². The van der Waals surface area contributed by atoms with Crippen LogP contribution in [0.2, 0.25) is 0 Å². The van der Waals surface area contributed by atoms with Crippen LogP contribution in [0.25, 0.3) is 0 Å². The zero-order valence-electron chi connectivity index (χ0n) is 8.78. The first-order chi connectivity index (χ1) is 8.28. The van der Waals surface area contributed by atoms with Gasteiger partial charge in [0.1, 0.15) is 18.1 Å². The van der Waals surface area contributed by atoms with Crippen molar-refractivity contribution < 1.29 is 32.5 Å². The van der Waals surface area contributed by atoms with Crippen molar-refractivity contribution in [2.45, 2.75) is 11.7 Å². The lowest BCUT2D eigenvalue weighted by Gasteiger charge is -2.10. The van der Waals surface area contributed by atoms with Crippen LogP contribution in [0, 0.1) is 0 Å². The Bertz CT molecular complexity index is 405. The van der Waals surface area contributed by atoms with Crippen molar-refractivity contribution in [3.8, 4) is 11.5 Å². The number of benzene rings is 1. The molecule has 0 radical (unpaired) electrons. The van der Waals surface area contributed by atoms with Gasteiger partial charge in [0.25, 0.3) is 0 Å². The number of carbonyl (C=O) groups is 1. The van der Waals surface area contributed by atoms with Crippen LogP contribution >= 0.6 is 11.6 Å². The molecule has 0 saturated carbocycles. The molecule has 0 aromatic heterocycles. The van der Waals surface area contributed by atoms with Gasteiger partial charge in [0, 0.05) is 0 Å². The molecule has 8 heteroatoms. The minimum absolute atomic E-state index is 0.191. The summed E-state index contributed by atoms with van der Waals surface area (Å²) < 4.78 is 44.2. The molecule has 18 heavy (non-hydrogen) atoms. The third-order valence-corrected chi connectivity index (χ3v) is 2.03. The van der Waals surface area contributed by atoms with E-state index in [1.54, 1.807) is 0 Å². The van der Waals surface area contributed by atoms with E-state index in [4.69, 9.17) is 21.4 Å². The predicted molar refractivity (Wildman–Crippen MR) is 55.9 cm³/mol. The highest BCUT2D eigenvalue weighted by atomic mass is 35.5. The highest BCUT2D eigenvalue weighted by Crippen LogP contribution is 2.24. The van der Waals surface area contributed by atoms with E-state index in [-0.39, 0.29) is 12.4 Å². The van der Waals surface area contributed by atoms with Crippen molar-refractivity contribution in [3.63, 3.8) is 0 Å². The van der Waals surface area contributed by atoms with Gasteiger partial charge in [-0.1, -0.05) is 0 Å². The first kappa shape index (κ1) is 14.4. The summed E-state index contributed by atoms with van der Waals surface area (Å²) in [6, 6.07) is 4.53. The van der Waals surface area contributed by atoms with E-state index in [0.717, 1.165) is 12.1 Å². The maximum absolute atomic E-state index is 11.8. The molecule has 0 amide bonds. The summed E-state index contributed by atoms with van der Waals surface area (Å²) in [6.45, 7) is -0.295. The Morgan fingerprint density at radius 3 is 2.22 bits per heavy atom. The number of hydrogen-bond donors (Lipinski definition) is 1. The summed E-state index contributed by atoms with van der Waals surface area (Å²) in [5, 5.41) is 7.25. The monoisotopic (exact) mass is 284 g/mol. The molecule has 0 aliphatic rings. The Hall–Kier alpha value is -1.63. The minimum atomic E-state index is -4.76. The molecule has 0 fully saturated rings. The highest BCUT2D eigenvalue weighted by Gasteiger charge is 2.30. The van der Waals surface area contributed by atoms with E-state index >= 15 is 0 Å².